The van der Waals surface area contributed by atoms with Crippen LogP contribution in [-0.4, -0.2) is 12.5 Å². The smallest absolute Gasteiger partial charge is 0.223 e. The Morgan fingerprint density at radius 2 is 1.75 bits per heavy atom. The number of benzene rings is 1. The highest BCUT2D eigenvalue weighted by Crippen LogP contribution is 2.13. The summed E-state index contributed by atoms with van der Waals surface area (Å²) in [5.74, 6) is 0.115. The summed E-state index contributed by atoms with van der Waals surface area (Å²) < 4.78 is 0. The summed E-state index contributed by atoms with van der Waals surface area (Å²) in [5, 5.41) is 0. The number of carbonyl (C=O) groups is 1. The third-order valence-electron chi connectivity index (χ3n) is 2.18. The number of para-hydroxylation sites is 1. The lowest BCUT2D eigenvalue weighted by atomic mass is 10.2. The van der Waals surface area contributed by atoms with Crippen molar-refractivity contribution in [3.63, 3.8) is 0 Å². The Kier molecular flexibility index (Phi) is 8.22. The largest absolute Gasteiger partial charge is 0.313 e. The van der Waals surface area contributed by atoms with Gasteiger partial charge in [-0.2, -0.15) is 0 Å². The van der Waals surface area contributed by atoms with E-state index in [0.29, 0.717) is 0 Å². The molecule has 0 unspecified atom stereocenters. The van der Waals surface area contributed by atoms with Gasteiger partial charge in [0.25, 0.3) is 0 Å². The Bertz CT molecular complexity index is 282. The van der Waals surface area contributed by atoms with Gasteiger partial charge in [0.05, 0.1) is 0 Å². The van der Waals surface area contributed by atoms with Crippen LogP contribution in [0.4, 0.5) is 5.69 Å². The first-order valence-electron chi connectivity index (χ1n) is 6.09. The van der Waals surface area contributed by atoms with E-state index >= 15 is 0 Å². The molecule has 0 heterocycles. The molecule has 0 aliphatic rings. The SMILES string of the molecule is CC.CCCCN(C(C)=O)c1ccccc1. The number of anilines is 1. The van der Waals surface area contributed by atoms with Crippen molar-refractivity contribution in [1.29, 1.82) is 0 Å². The van der Waals surface area contributed by atoms with Gasteiger partial charge in [-0.05, 0) is 18.6 Å². The van der Waals surface area contributed by atoms with E-state index in [4.69, 9.17) is 0 Å². The van der Waals surface area contributed by atoms with Crippen LogP contribution in [0.3, 0.4) is 0 Å². The van der Waals surface area contributed by atoms with Crippen molar-refractivity contribution in [2.45, 2.75) is 40.5 Å². The van der Waals surface area contributed by atoms with Crippen LogP contribution in [-0.2, 0) is 4.79 Å². The van der Waals surface area contributed by atoms with Crippen LogP contribution >= 0.6 is 0 Å². The number of carbonyl (C=O) groups excluding carboxylic acids is 1. The molecule has 0 atom stereocenters. The van der Waals surface area contributed by atoms with E-state index in [9.17, 15) is 4.79 Å². The van der Waals surface area contributed by atoms with Gasteiger partial charge in [0.15, 0.2) is 0 Å². The van der Waals surface area contributed by atoms with Gasteiger partial charge >= 0.3 is 0 Å². The average Bonchev–Trinajstić information content (AvgIpc) is 2.33. The second-order valence-electron chi connectivity index (χ2n) is 3.36. The fourth-order valence-electron chi connectivity index (χ4n) is 1.39. The molecule has 1 rings (SSSR count). The molecule has 2 nitrogen and oxygen atoms in total. The number of nitrogens with zero attached hydrogens (tertiary/aromatic N) is 1. The quantitative estimate of drug-likeness (QED) is 0.756. The van der Waals surface area contributed by atoms with Crippen LogP contribution in [0.25, 0.3) is 0 Å². The van der Waals surface area contributed by atoms with Crippen LogP contribution in [0.5, 0.6) is 0 Å². The highest BCUT2D eigenvalue weighted by molar-refractivity contribution is 5.91. The molecule has 1 aromatic carbocycles. The van der Waals surface area contributed by atoms with Crippen molar-refractivity contribution < 1.29 is 4.79 Å². The lowest BCUT2D eigenvalue weighted by Crippen LogP contribution is -2.29. The van der Waals surface area contributed by atoms with Gasteiger partial charge in [-0.1, -0.05) is 45.4 Å². The normalized spacial score (nSPS) is 9.00. The first kappa shape index (κ1) is 14.7. The number of hydrogen-bond acceptors (Lipinski definition) is 1. The highest BCUT2D eigenvalue weighted by atomic mass is 16.2. The highest BCUT2D eigenvalue weighted by Gasteiger charge is 2.08. The van der Waals surface area contributed by atoms with Gasteiger partial charge in [-0.25, -0.2) is 0 Å². The molecule has 1 amide bonds. The van der Waals surface area contributed by atoms with Gasteiger partial charge in [-0.3, -0.25) is 4.79 Å². The average molecular weight is 221 g/mol. The third kappa shape index (κ3) is 4.96. The van der Waals surface area contributed by atoms with Crippen molar-refractivity contribution in [2.75, 3.05) is 11.4 Å². The fraction of sp³-hybridized carbons (Fsp3) is 0.500. The summed E-state index contributed by atoms with van der Waals surface area (Å²) in [4.78, 5) is 13.2. The van der Waals surface area contributed by atoms with E-state index in [0.717, 1.165) is 25.1 Å². The number of hydrogen-bond donors (Lipinski definition) is 0. The van der Waals surface area contributed by atoms with Crippen molar-refractivity contribution in [3.05, 3.63) is 30.3 Å². The van der Waals surface area contributed by atoms with Crippen molar-refractivity contribution in [1.82, 2.24) is 0 Å². The number of rotatable bonds is 4. The van der Waals surface area contributed by atoms with E-state index in [1.54, 1.807) is 6.92 Å². The Hall–Kier alpha value is -1.31. The fourth-order valence-corrected chi connectivity index (χ4v) is 1.39. The van der Waals surface area contributed by atoms with Crippen LogP contribution in [0.2, 0.25) is 0 Å². The van der Waals surface area contributed by atoms with Crippen molar-refractivity contribution in [3.8, 4) is 0 Å². The summed E-state index contributed by atoms with van der Waals surface area (Å²) in [6, 6.07) is 9.81. The lowest BCUT2D eigenvalue weighted by molar-refractivity contribution is -0.116. The van der Waals surface area contributed by atoms with Crippen LogP contribution in [0.1, 0.15) is 40.5 Å². The molecule has 0 aliphatic carbocycles. The molecule has 90 valence electrons. The molecule has 0 spiro atoms. The minimum Gasteiger partial charge on any atom is -0.313 e. The van der Waals surface area contributed by atoms with Gasteiger partial charge in [0.2, 0.25) is 5.91 Å². The summed E-state index contributed by atoms with van der Waals surface area (Å²) in [7, 11) is 0. The predicted molar refractivity (Wildman–Crippen MR) is 70.7 cm³/mol. The molecule has 16 heavy (non-hydrogen) atoms. The minimum absolute atomic E-state index is 0.115. The van der Waals surface area contributed by atoms with E-state index < -0.39 is 0 Å². The molecule has 1 aromatic rings. The first-order chi connectivity index (χ1) is 7.75. The molecule has 0 radical (unpaired) electrons. The van der Waals surface area contributed by atoms with Gasteiger partial charge in [0, 0.05) is 19.2 Å². The summed E-state index contributed by atoms with van der Waals surface area (Å²) in [6.45, 7) is 8.56. The van der Waals surface area contributed by atoms with Crippen molar-refractivity contribution in [2.24, 2.45) is 0 Å². The maximum atomic E-state index is 11.4. The van der Waals surface area contributed by atoms with Crippen LogP contribution < -0.4 is 4.90 Å². The second-order valence-corrected chi connectivity index (χ2v) is 3.36. The van der Waals surface area contributed by atoms with Crippen LogP contribution in [0.15, 0.2) is 30.3 Å². The third-order valence-corrected chi connectivity index (χ3v) is 2.18. The first-order valence-corrected chi connectivity index (χ1v) is 6.09. The molecule has 0 saturated heterocycles. The number of unbranched alkanes of at least 4 members (excludes halogenated alkanes) is 1. The Morgan fingerprint density at radius 1 is 1.19 bits per heavy atom. The molecule has 0 bridgehead atoms. The zero-order chi connectivity index (χ0) is 12.4. The molecule has 0 aliphatic heterocycles. The van der Waals surface area contributed by atoms with E-state index in [-0.39, 0.29) is 5.91 Å². The van der Waals surface area contributed by atoms with E-state index in [1.807, 2.05) is 49.1 Å². The molecular formula is C14H23NO. The lowest BCUT2D eigenvalue weighted by Gasteiger charge is -2.20. The van der Waals surface area contributed by atoms with Gasteiger partial charge in [0.1, 0.15) is 0 Å². The molecule has 0 aromatic heterocycles. The predicted octanol–water partition coefficient (Wildman–Crippen LogP) is 3.87. The van der Waals surface area contributed by atoms with Gasteiger partial charge < -0.3 is 4.90 Å². The van der Waals surface area contributed by atoms with Crippen LogP contribution in [0, 0.1) is 0 Å². The second kappa shape index (κ2) is 8.96. The minimum atomic E-state index is 0.115. The topological polar surface area (TPSA) is 20.3 Å². The van der Waals surface area contributed by atoms with Crippen molar-refractivity contribution >= 4 is 11.6 Å². The Labute approximate surface area is 99.3 Å². The number of amides is 1. The molecule has 2 heteroatoms. The van der Waals surface area contributed by atoms with Gasteiger partial charge in [-0.15, -0.1) is 0 Å². The molecule has 0 fully saturated rings. The van der Waals surface area contributed by atoms with E-state index in [2.05, 4.69) is 6.92 Å². The zero-order valence-electron chi connectivity index (χ0n) is 10.9. The Balaban J connectivity index is 0.00000106. The Morgan fingerprint density at radius 3 is 2.19 bits per heavy atom. The maximum Gasteiger partial charge on any atom is 0.223 e. The molecule has 0 saturated carbocycles. The molecule has 0 N–H and O–H groups in total. The van der Waals surface area contributed by atoms with E-state index in [1.165, 1.54) is 0 Å². The maximum absolute atomic E-state index is 11.4. The molecular weight excluding hydrogens is 198 g/mol. The monoisotopic (exact) mass is 221 g/mol. The summed E-state index contributed by atoms with van der Waals surface area (Å²) >= 11 is 0. The zero-order valence-corrected chi connectivity index (χ0v) is 10.9. The standard InChI is InChI=1S/C12H17NO.C2H6/c1-3-4-10-13(11(2)14)12-8-6-5-7-9-12;1-2/h5-9H,3-4,10H2,1-2H3;1-2H3. The summed E-state index contributed by atoms with van der Waals surface area (Å²) in [6.07, 6.45) is 2.16. The summed E-state index contributed by atoms with van der Waals surface area (Å²) in [5.41, 5.74) is 0.994.